The van der Waals surface area contributed by atoms with Crippen LogP contribution in [0.15, 0.2) is 59.3 Å². The molecular weight excluding hydrogens is 450 g/mol. The molecule has 2 N–H and O–H groups in total. The van der Waals surface area contributed by atoms with Crippen molar-refractivity contribution in [3.05, 3.63) is 77.5 Å². The zero-order chi connectivity index (χ0) is 24.9. The van der Waals surface area contributed by atoms with Crippen LogP contribution in [0.1, 0.15) is 47.1 Å². The van der Waals surface area contributed by atoms with Crippen LogP contribution in [0.5, 0.6) is 0 Å². The maximum Gasteiger partial charge on any atom is 0.407 e. The summed E-state index contributed by atoms with van der Waals surface area (Å²) in [5.41, 5.74) is 4.53. The van der Waals surface area contributed by atoms with Gasteiger partial charge in [-0.3, -0.25) is 9.59 Å². The Balaban J connectivity index is 1.36. The summed E-state index contributed by atoms with van der Waals surface area (Å²) in [5, 5.41) is 11.8. The third-order valence-electron chi connectivity index (χ3n) is 6.17. The van der Waals surface area contributed by atoms with Gasteiger partial charge in [-0.15, -0.1) is 0 Å². The summed E-state index contributed by atoms with van der Waals surface area (Å²) < 4.78 is 10.8. The second kappa shape index (κ2) is 10.4. The van der Waals surface area contributed by atoms with Gasteiger partial charge in [-0.1, -0.05) is 55.5 Å². The number of hydrogen-bond acceptors (Lipinski definition) is 6. The number of oxazole rings is 1. The molecule has 0 bridgehead atoms. The van der Waals surface area contributed by atoms with E-state index in [0.29, 0.717) is 6.54 Å². The highest BCUT2D eigenvalue weighted by atomic mass is 16.5. The molecule has 0 aliphatic heterocycles. The van der Waals surface area contributed by atoms with E-state index in [-0.39, 0.29) is 37.1 Å². The van der Waals surface area contributed by atoms with E-state index in [1.807, 2.05) is 36.4 Å². The van der Waals surface area contributed by atoms with Gasteiger partial charge in [0.25, 0.3) is 5.91 Å². The molecule has 9 heteroatoms. The Morgan fingerprint density at radius 1 is 1.11 bits per heavy atom. The number of hydrogen-bond donors (Lipinski definition) is 2. The van der Waals surface area contributed by atoms with Crippen LogP contribution in [0, 0.1) is 5.92 Å². The number of carboxylic acid groups (broad SMARTS) is 1. The maximum absolute atomic E-state index is 12.9. The zero-order valence-corrected chi connectivity index (χ0v) is 19.6. The number of carboxylic acids is 1. The molecule has 1 aliphatic carbocycles. The molecule has 0 saturated heterocycles. The van der Waals surface area contributed by atoms with Crippen LogP contribution in [0.25, 0.3) is 11.1 Å². The van der Waals surface area contributed by atoms with Gasteiger partial charge in [-0.05, 0) is 29.2 Å². The Kier molecular flexibility index (Phi) is 7.14. The molecule has 1 heterocycles. The van der Waals surface area contributed by atoms with Gasteiger partial charge in [0, 0.05) is 19.0 Å². The van der Waals surface area contributed by atoms with Crippen LogP contribution in [-0.2, 0) is 16.1 Å². The Labute approximate surface area is 202 Å². The van der Waals surface area contributed by atoms with Crippen LogP contribution < -0.4 is 5.32 Å². The van der Waals surface area contributed by atoms with Crippen molar-refractivity contribution in [3.63, 3.8) is 0 Å². The van der Waals surface area contributed by atoms with Crippen LogP contribution in [0.2, 0.25) is 0 Å². The first-order valence-electron chi connectivity index (χ1n) is 11.4. The van der Waals surface area contributed by atoms with Gasteiger partial charge in [0.05, 0.1) is 12.5 Å². The number of ether oxygens (including phenoxy) is 1. The Morgan fingerprint density at radius 3 is 2.34 bits per heavy atom. The second-order valence-corrected chi connectivity index (χ2v) is 8.39. The number of carbonyl (C=O) groups is 3. The smallest absolute Gasteiger partial charge is 0.407 e. The van der Waals surface area contributed by atoms with Gasteiger partial charge in [0.2, 0.25) is 0 Å². The van der Waals surface area contributed by atoms with E-state index in [0.717, 1.165) is 28.6 Å². The van der Waals surface area contributed by atoms with Gasteiger partial charge >= 0.3 is 12.1 Å². The molecule has 2 amide bonds. The molecule has 0 saturated carbocycles. The molecule has 182 valence electrons. The first kappa shape index (κ1) is 24.0. The lowest BCUT2D eigenvalue weighted by Gasteiger charge is -2.22. The highest BCUT2D eigenvalue weighted by molar-refractivity contribution is 5.93. The fraction of sp³-hybridized carbons (Fsp3) is 0.308. The van der Waals surface area contributed by atoms with Crippen molar-refractivity contribution in [2.75, 3.05) is 19.7 Å². The molecule has 9 nitrogen and oxygen atoms in total. The number of amides is 2. The standard InChI is InChI=1S/C26H27N3O6/c1-3-29(13-16(2)25(31)32)24(30)23-22(35-15-28-23)12-27-26(33)34-14-21-19-10-6-4-8-17(19)18-9-5-7-11-20(18)21/h4-11,15-16,21H,3,12-14H2,1-2H3,(H,27,33)(H,31,32). The molecule has 2 aromatic carbocycles. The summed E-state index contributed by atoms with van der Waals surface area (Å²) >= 11 is 0. The number of aliphatic carboxylic acids is 1. The molecule has 35 heavy (non-hydrogen) atoms. The minimum Gasteiger partial charge on any atom is -0.481 e. The Bertz CT molecular complexity index is 1190. The van der Waals surface area contributed by atoms with E-state index in [1.165, 1.54) is 11.8 Å². The van der Waals surface area contributed by atoms with E-state index in [2.05, 4.69) is 22.4 Å². The Hall–Kier alpha value is -4.14. The van der Waals surface area contributed by atoms with Gasteiger partial charge in [-0.25, -0.2) is 9.78 Å². The quantitative estimate of drug-likeness (QED) is 0.479. The molecule has 1 aliphatic rings. The molecule has 1 atom stereocenters. The van der Waals surface area contributed by atoms with Crippen LogP contribution in [-0.4, -0.2) is 52.7 Å². The number of carbonyl (C=O) groups excluding carboxylic acids is 2. The first-order valence-corrected chi connectivity index (χ1v) is 11.4. The van der Waals surface area contributed by atoms with Crippen molar-refractivity contribution >= 4 is 18.0 Å². The van der Waals surface area contributed by atoms with E-state index in [1.54, 1.807) is 6.92 Å². The number of fused-ring (bicyclic) bond motifs is 3. The number of benzene rings is 2. The summed E-state index contributed by atoms with van der Waals surface area (Å²) in [5.74, 6) is -2.07. The van der Waals surface area contributed by atoms with E-state index >= 15 is 0 Å². The third-order valence-corrected chi connectivity index (χ3v) is 6.17. The van der Waals surface area contributed by atoms with Crippen molar-refractivity contribution in [2.45, 2.75) is 26.3 Å². The van der Waals surface area contributed by atoms with Crippen LogP contribution >= 0.6 is 0 Å². The number of aromatic nitrogens is 1. The van der Waals surface area contributed by atoms with Gasteiger partial charge in [-0.2, -0.15) is 0 Å². The molecule has 3 aromatic rings. The summed E-state index contributed by atoms with van der Waals surface area (Å²) in [7, 11) is 0. The van der Waals surface area contributed by atoms with Crippen molar-refractivity contribution < 1.29 is 28.6 Å². The van der Waals surface area contributed by atoms with Crippen LogP contribution in [0.4, 0.5) is 4.79 Å². The summed E-state index contributed by atoms with van der Waals surface area (Å²) in [6.07, 6.45) is 0.477. The summed E-state index contributed by atoms with van der Waals surface area (Å²) in [6, 6.07) is 16.1. The molecule has 0 radical (unpaired) electrons. The van der Waals surface area contributed by atoms with Crippen molar-refractivity contribution in [1.82, 2.24) is 15.2 Å². The van der Waals surface area contributed by atoms with E-state index < -0.39 is 23.9 Å². The van der Waals surface area contributed by atoms with Gasteiger partial charge in [0.1, 0.15) is 6.61 Å². The zero-order valence-electron chi connectivity index (χ0n) is 19.6. The highest BCUT2D eigenvalue weighted by Gasteiger charge is 2.29. The Morgan fingerprint density at radius 2 is 1.74 bits per heavy atom. The van der Waals surface area contributed by atoms with Gasteiger partial charge in [0.15, 0.2) is 17.8 Å². The SMILES string of the molecule is CCN(CC(C)C(=O)O)C(=O)c1ncoc1CNC(=O)OCC1c2ccccc2-c2ccccc21. The van der Waals surface area contributed by atoms with Gasteiger partial charge < -0.3 is 24.5 Å². The average molecular weight is 478 g/mol. The second-order valence-electron chi connectivity index (χ2n) is 8.39. The predicted molar refractivity (Wildman–Crippen MR) is 127 cm³/mol. The average Bonchev–Trinajstić information content (AvgIpc) is 3.46. The van der Waals surface area contributed by atoms with Crippen molar-refractivity contribution in [3.8, 4) is 11.1 Å². The van der Waals surface area contributed by atoms with Crippen molar-refractivity contribution in [2.24, 2.45) is 5.92 Å². The maximum atomic E-state index is 12.9. The number of nitrogens with one attached hydrogen (secondary N) is 1. The monoisotopic (exact) mass is 477 g/mol. The van der Waals surface area contributed by atoms with Crippen LogP contribution in [0.3, 0.4) is 0 Å². The van der Waals surface area contributed by atoms with E-state index in [4.69, 9.17) is 14.3 Å². The number of rotatable bonds is 9. The number of nitrogens with zero attached hydrogens (tertiary/aromatic N) is 2. The molecule has 0 fully saturated rings. The summed E-state index contributed by atoms with van der Waals surface area (Å²) in [4.78, 5) is 41.8. The lowest BCUT2D eigenvalue weighted by Crippen LogP contribution is -2.37. The molecule has 4 rings (SSSR count). The molecule has 0 spiro atoms. The molecule has 1 aromatic heterocycles. The lowest BCUT2D eigenvalue weighted by molar-refractivity contribution is -0.141. The van der Waals surface area contributed by atoms with Crippen molar-refractivity contribution in [1.29, 1.82) is 0 Å². The third kappa shape index (κ3) is 5.03. The fourth-order valence-corrected chi connectivity index (χ4v) is 4.29. The normalized spacial score (nSPS) is 13.0. The topological polar surface area (TPSA) is 122 Å². The number of alkyl carbamates (subject to hydrolysis) is 1. The minimum atomic E-state index is -0.992. The van der Waals surface area contributed by atoms with E-state index in [9.17, 15) is 14.4 Å². The highest BCUT2D eigenvalue weighted by Crippen LogP contribution is 2.44. The first-order chi connectivity index (χ1) is 16.9. The fourth-order valence-electron chi connectivity index (χ4n) is 4.29. The largest absolute Gasteiger partial charge is 0.481 e. The summed E-state index contributed by atoms with van der Waals surface area (Å²) in [6.45, 7) is 3.70. The molecule has 1 unspecified atom stereocenters. The predicted octanol–water partition coefficient (Wildman–Crippen LogP) is 3.90. The minimum absolute atomic E-state index is 0.0309. The molecular formula is C26H27N3O6. The lowest BCUT2D eigenvalue weighted by atomic mass is 9.98.